The molecule has 0 aliphatic carbocycles. The molecule has 3 aromatic rings. The first-order valence-electron chi connectivity index (χ1n) is 9.68. The second-order valence-electron chi connectivity index (χ2n) is 7.10. The number of carbonyl (C=O) groups is 1. The number of benzene rings is 3. The summed E-state index contributed by atoms with van der Waals surface area (Å²) in [5.41, 5.74) is 0.598. The zero-order chi connectivity index (χ0) is 25.8. The molecule has 35 heavy (non-hydrogen) atoms. The molecule has 1 N–H and O–H groups in total. The molecule has 1 amide bonds. The van der Waals surface area contributed by atoms with Gasteiger partial charge in [0.05, 0.1) is 15.0 Å². The Bertz CT molecular complexity index is 1470. The molecule has 0 saturated heterocycles. The first kappa shape index (κ1) is 25.7. The molecule has 12 heteroatoms. The lowest BCUT2D eigenvalue weighted by atomic mass is 10.1. The standard InChI is InChI=1S/C23H15Cl2N3O6S/c1-14-5-7-19(8-6-14)35(32,33)34-22-20(24)10-15(11-21(22)25)9-16(13-26)23(29)27-17-3-2-4-18(12-17)28(30)31/h2-12H,1H3,(H,27,29)/b16-9+. The summed E-state index contributed by atoms with van der Waals surface area (Å²) in [7, 11) is -4.22. The van der Waals surface area contributed by atoms with Gasteiger partial charge in [0.2, 0.25) is 0 Å². The minimum atomic E-state index is -4.22. The molecule has 0 aliphatic heterocycles. The van der Waals surface area contributed by atoms with E-state index in [0.29, 0.717) is 0 Å². The van der Waals surface area contributed by atoms with Crippen LogP contribution in [0.3, 0.4) is 0 Å². The Labute approximate surface area is 210 Å². The summed E-state index contributed by atoms with van der Waals surface area (Å²) in [4.78, 5) is 22.7. The van der Waals surface area contributed by atoms with Crippen molar-refractivity contribution in [2.24, 2.45) is 0 Å². The van der Waals surface area contributed by atoms with Crippen LogP contribution in [-0.4, -0.2) is 19.2 Å². The highest BCUT2D eigenvalue weighted by Crippen LogP contribution is 2.37. The summed E-state index contributed by atoms with van der Waals surface area (Å²) >= 11 is 12.4. The number of rotatable bonds is 7. The average Bonchev–Trinajstić information content (AvgIpc) is 2.80. The van der Waals surface area contributed by atoms with E-state index in [9.17, 15) is 28.6 Å². The summed E-state index contributed by atoms with van der Waals surface area (Å²) in [6.45, 7) is 1.80. The van der Waals surface area contributed by atoms with Crippen LogP contribution < -0.4 is 9.50 Å². The number of carbonyl (C=O) groups excluding carboxylic acids is 1. The van der Waals surface area contributed by atoms with Gasteiger partial charge in [-0.1, -0.05) is 47.0 Å². The monoisotopic (exact) mass is 531 g/mol. The Morgan fingerprint density at radius 3 is 2.31 bits per heavy atom. The number of aryl methyl sites for hydroxylation is 1. The van der Waals surface area contributed by atoms with Crippen molar-refractivity contribution in [3.63, 3.8) is 0 Å². The maximum absolute atomic E-state index is 12.6. The van der Waals surface area contributed by atoms with Crippen LogP contribution in [0.15, 0.2) is 71.1 Å². The number of amides is 1. The molecular weight excluding hydrogens is 517 g/mol. The third-order valence-electron chi connectivity index (χ3n) is 4.51. The Kier molecular flexibility index (Phi) is 7.76. The highest BCUT2D eigenvalue weighted by molar-refractivity contribution is 7.87. The van der Waals surface area contributed by atoms with Crippen molar-refractivity contribution in [2.75, 3.05) is 5.32 Å². The first-order valence-corrected chi connectivity index (χ1v) is 11.8. The lowest BCUT2D eigenvalue weighted by Crippen LogP contribution is -2.13. The van der Waals surface area contributed by atoms with Crippen molar-refractivity contribution < 1.29 is 22.3 Å². The fourth-order valence-electron chi connectivity index (χ4n) is 2.82. The van der Waals surface area contributed by atoms with Crippen molar-refractivity contribution in [1.82, 2.24) is 0 Å². The summed E-state index contributed by atoms with van der Waals surface area (Å²) in [6, 6.07) is 15.4. The van der Waals surface area contributed by atoms with Crippen LogP contribution in [0.2, 0.25) is 10.0 Å². The Balaban J connectivity index is 1.86. The molecule has 0 spiro atoms. The van der Waals surface area contributed by atoms with Crippen LogP contribution >= 0.6 is 23.2 Å². The predicted molar refractivity (Wildman–Crippen MR) is 131 cm³/mol. The van der Waals surface area contributed by atoms with Gasteiger partial charge in [0.25, 0.3) is 11.6 Å². The van der Waals surface area contributed by atoms with Crippen LogP contribution in [0.5, 0.6) is 5.75 Å². The number of nitro groups is 1. The molecule has 0 unspecified atom stereocenters. The molecule has 0 aromatic heterocycles. The van der Waals surface area contributed by atoms with Gasteiger partial charge in [-0.25, -0.2) is 0 Å². The van der Waals surface area contributed by atoms with Crippen molar-refractivity contribution in [3.8, 4) is 11.8 Å². The van der Waals surface area contributed by atoms with Gasteiger partial charge in [0, 0.05) is 17.8 Å². The van der Waals surface area contributed by atoms with Crippen LogP contribution in [0.25, 0.3) is 6.08 Å². The van der Waals surface area contributed by atoms with E-state index in [1.165, 1.54) is 48.5 Å². The third kappa shape index (κ3) is 6.36. The van der Waals surface area contributed by atoms with E-state index >= 15 is 0 Å². The number of hydrogen-bond donors (Lipinski definition) is 1. The van der Waals surface area contributed by atoms with E-state index in [2.05, 4.69) is 5.32 Å². The topological polar surface area (TPSA) is 139 Å². The van der Waals surface area contributed by atoms with Crippen LogP contribution in [-0.2, 0) is 14.9 Å². The van der Waals surface area contributed by atoms with E-state index in [1.54, 1.807) is 25.1 Å². The molecule has 3 aromatic carbocycles. The van der Waals surface area contributed by atoms with Gasteiger partial charge >= 0.3 is 10.1 Å². The van der Waals surface area contributed by atoms with Gasteiger partial charge in [-0.3, -0.25) is 14.9 Å². The number of non-ortho nitro benzene ring substituents is 1. The number of nitrogens with one attached hydrogen (secondary N) is 1. The number of nitrogens with zero attached hydrogens (tertiary/aromatic N) is 2. The summed E-state index contributed by atoms with van der Waals surface area (Å²) in [5.74, 6) is -1.15. The minimum absolute atomic E-state index is 0.0937. The molecule has 0 saturated carbocycles. The highest BCUT2D eigenvalue weighted by Gasteiger charge is 2.21. The largest absolute Gasteiger partial charge is 0.376 e. The van der Waals surface area contributed by atoms with Gasteiger partial charge < -0.3 is 9.50 Å². The summed E-state index contributed by atoms with van der Waals surface area (Å²) < 4.78 is 30.3. The van der Waals surface area contributed by atoms with Gasteiger partial charge in [-0.15, -0.1) is 0 Å². The second-order valence-corrected chi connectivity index (χ2v) is 9.46. The van der Waals surface area contributed by atoms with E-state index in [-0.39, 0.29) is 43.2 Å². The molecule has 0 aliphatic rings. The van der Waals surface area contributed by atoms with Crippen molar-refractivity contribution in [1.29, 1.82) is 5.26 Å². The van der Waals surface area contributed by atoms with Crippen LogP contribution in [0, 0.1) is 28.4 Å². The van der Waals surface area contributed by atoms with Gasteiger partial charge in [0.1, 0.15) is 16.5 Å². The maximum atomic E-state index is 12.6. The molecule has 0 heterocycles. The van der Waals surface area contributed by atoms with Crippen molar-refractivity contribution in [3.05, 3.63) is 97.5 Å². The SMILES string of the molecule is Cc1ccc(S(=O)(=O)Oc2c(Cl)cc(/C=C(\C#N)C(=O)Nc3cccc([N+](=O)[O-])c3)cc2Cl)cc1. The summed E-state index contributed by atoms with van der Waals surface area (Å²) in [6.07, 6.45) is 1.17. The molecule has 0 radical (unpaired) electrons. The number of nitriles is 1. The lowest BCUT2D eigenvalue weighted by Gasteiger charge is -2.11. The van der Waals surface area contributed by atoms with Crippen LogP contribution in [0.4, 0.5) is 11.4 Å². The number of hydrogen-bond acceptors (Lipinski definition) is 7. The summed E-state index contributed by atoms with van der Waals surface area (Å²) in [5, 5.41) is 22.4. The molecule has 178 valence electrons. The van der Waals surface area contributed by atoms with Gasteiger partial charge in [-0.2, -0.15) is 13.7 Å². The van der Waals surface area contributed by atoms with Crippen molar-refractivity contribution in [2.45, 2.75) is 11.8 Å². The fourth-order valence-corrected chi connectivity index (χ4v) is 4.45. The fraction of sp³-hybridized carbons (Fsp3) is 0.0435. The van der Waals surface area contributed by atoms with E-state index < -0.39 is 20.9 Å². The maximum Gasteiger partial charge on any atom is 0.339 e. The third-order valence-corrected chi connectivity index (χ3v) is 6.31. The molecule has 0 atom stereocenters. The lowest BCUT2D eigenvalue weighted by molar-refractivity contribution is -0.384. The van der Waals surface area contributed by atoms with E-state index in [4.69, 9.17) is 27.4 Å². The predicted octanol–water partition coefficient (Wildman–Crippen LogP) is 5.52. The first-order chi connectivity index (χ1) is 16.5. The molecule has 9 nitrogen and oxygen atoms in total. The van der Waals surface area contributed by atoms with Crippen molar-refractivity contribution >= 4 is 56.7 Å². The normalized spacial score (nSPS) is 11.4. The van der Waals surface area contributed by atoms with Crippen LogP contribution in [0.1, 0.15) is 11.1 Å². The minimum Gasteiger partial charge on any atom is -0.376 e. The van der Waals surface area contributed by atoms with E-state index in [1.807, 2.05) is 0 Å². The van der Waals surface area contributed by atoms with E-state index in [0.717, 1.165) is 11.6 Å². The number of anilines is 1. The smallest absolute Gasteiger partial charge is 0.339 e. The van der Waals surface area contributed by atoms with Gasteiger partial charge in [0.15, 0.2) is 5.75 Å². The Morgan fingerprint density at radius 2 is 1.74 bits per heavy atom. The second kappa shape index (κ2) is 10.6. The molecule has 0 fully saturated rings. The Morgan fingerprint density at radius 1 is 1.11 bits per heavy atom. The molecular formula is C23H15Cl2N3O6S. The quantitative estimate of drug-likeness (QED) is 0.139. The number of halogens is 2. The number of nitro benzene ring substituents is 1. The zero-order valence-electron chi connectivity index (χ0n) is 17.9. The zero-order valence-corrected chi connectivity index (χ0v) is 20.2. The Hall–Kier alpha value is -3.91. The highest BCUT2D eigenvalue weighted by atomic mass is 35.5. The van der Waals surface area contributed by atoms with Gasteiger partial charge in [-0.05, 0) is 48.9 Å². The molecule has 3 rings (SSSR count). The average molecular weight is 532 g/mol. The molecule has 0 bridgehead atoms.